The molecule has 10 rings (SSSR count). The molecule has 0 spiro atoms. The molecular weight excluding hydrogens is 625 g/mol. The molecule has 10 aromatic rings. The molecule has 0 fully saturated rings. The second kappa shape index (κ2) is 11.9. The molecule has 0 aliphatic rings. The van der Waals surface area contributed by atoms with Gasteiger partial charge in [-0.1, -0.05) is 121 Å². The number of nitrogens with zero attached hydrogens (tertiary/aromatic N) is 2. The van der Waals surface area contributed by atoms with Crippen molar-refractivity contribution >= 4 is 60.9 Å². The summed E-state index contributed by atoms with van der Waals surface area (Å²) in [5, 5.41) is 4.38. The Balaban J connectivity index is 1.13. The Morgan fingerprint density at radius 3 is 1.94 bits per heavy atom. The van der Waals surface area contributed by atoms with Gasteiger partial charge in [-0.3, -0.25) is 0 Å². The molecule has 2 aromatic heterocycles. The van der Waals surface area contributed by atoms with E-state index in [1.54, 1.807) is 0 Å². The summed E-state index contributed by atoms with van der Waals surface area (Å²) < 4.78 is 12.9. The number of aromatic nitrogens is 1. The lowest BCUT2D eigenvalue weighted by atomic mass is 9.97. The molecule has 0 N–H and O–H groups in total. The highest BCUT2D eigenvalue weighted by Gasteiger charge is 2.20. The van der Waals surface area contributed by atoms with E-state index < -0.39 is 0 Å². The van der Waals surface area contributed by atoms with Gasteiger partial charge < -0.3 is 13.7 Å². The van der Waals surface area contributed by atoms with Crippen LogP contribution in [-0.2, 0) is 0 Å². The number of fused-ring (bicyclic) bond motifs is 6. The molecule has 51 heavy (non-hydrogen) atoms. The summed E-state index contributed by atoms with van der Waals surface area (Å²) in [5.41, 5.74) is 12.0. The lowest BCUT2D eigenvalue weighted by molar-refractivity contribution is 0.623. The van der Waals surface area contributed by atoms with E-state index in [0.717, 1.165) is 88.7 Å². The van der Waals surface area contributed by atoms with Gasteiger partial charge >= 0.3 is 0 Å². The Bertz CT molecular complexity index is 2850. The first-order valence-electron chi connectivity index (χ1n) is 17.1. The average molecular weight is 655 g/mol. The Hall–Kier alpha value is -6.91. The molecule has 240 valence electrons. The van der Waals surface area contributed by atoms with Crippen LogP contribution in [0.25, 0.3) is 77.5 Å². The Labute approximate surface area is 294 Å². The van der Waals surface area contributed by atoms with Gasteiger partial charge in [0.25, 0.3) is 0 Å². The SMILES string of the molecule is c1ccc(-c2nc3ccc4cccc(-c5ccc(N(c6ccc7c(c6)oc6ccccc67)c6ccccc6-c6ccccc6)cc5)c4c3o2)cc1. The Morgan fingerprint density at radius 2 is 1.10 bits per heavy atom. The quantitative estimate of drug-likeness (QED) is 0.179. The molecule has 4 nitrogen and oxygen atoms in total. The van der Waals surface area contributed by atoms with Gasteiger partial charge in [0.15, 0.2) is 5.58 Å². The van der Waals surface area contributed by atoms with E-state index in [9.17, 15) is 0 Å². The summed E-state index contributed by atoms with van der Waals surface area (Å²) in [7, 11) is 0. The fourth-order valence-corrected chi connectivity index (χ4v) is 7.30. The van der Waals surface area contributed by atoms with Gasteiger partial charge in [0.1, 0.15) is 16.7 Å². The van der Waals surface area contributed by atoms with Crippen molar-refractivity contribution in [1.82, 2.24) is 4.98 Å². The van der Waals surface area contributed by atoms with Crippen molar-refractivity contribution in [2.24, 2.45) is 0 Å². The predicted molar refractivity (Wildman–Crippen MR) is 210 cm³/mol. The number of oxazole rings is 1. The largest absolute Gasteiger partial charge is 0.456 e. The molecule has 8 aromatic carbocycles. The van der Waals surface area contributed by atoms with E-state index in [2.05, 4.69) is 138 Å². The van der Waals surface area contributed by atoms with E-state index in [-0.39, 0.29) is 0 Å². The van der Waals surface area contributed by atoms with Crippen molar-refractivity contribution in [3.8, 4) is 33.7 Å². The van der Waals surface area contributed by atoms with Crippen molar-refractivity contribution in [1.29, 1.82) is 0 Å². The van der Waals surface area contributed by atoms with Crippen molar-refractivity contribution in [2.75, 3.05) is 4.90 Å². The topological polar surface area (TPSA) is 42.4 Å². The minimum absolute atomic E-state index is 0.623. The molecular formula is C47H30N2O2. The standard InChI is InChI=1S/C47H30N2O2/c1-3-12-31(13-4-1)37-17-7-9-20-42(37)49(36-27-28-40-39-18-8-10-21-43(39)50-44(40)30-36)35-25-22-32(23-26-35)38-19-11-16-33-24-29-41-46(45(33)38)51-47(48-41)34-14-5-2-6-15-34/h1-30H. The van der Waals surface area contributed by atoms with Crippen molar-refractivity contribution in [3.63, 3.8) is 0 Å². The molecule has 0 saturated carbocycles. The molecule has 0 radical (unpaired) electrons. The van der Waals surface area contributed by atoms with Gasteiger partial charge in [-0.25, -0.2) is 4.98 Å². The fourth-order valence-electron chi connectivity index (χ4n) is 7.30. The summed E-state index contributed by atoms with van der Waals surface area (Å²) in [5.74, 6) is 0.623. The molecule has 0 aliphatic carbocycles. The van der Waals surface area contributed by atoms with E-state index in [4.69, 9.17) is 13.8 Å². The number of hydrogen-bond acceptors (Lipinski definition) is 4. The van der Waals surface area contributed by atoms with Crippen molar-refractivity contribution in [2.45, 2.75) is 0 Å². The van der Waals surface area contributed by atoms with E-state index >= 15 is 0 Å². The van der Waals surface area contributed by atoms with Gasteiger partial charge in [-0.15, -0.1) is 0 Å². The van der Waals surface area contributed by atoms with Gasteiger partial charge in [-0.05, 0) is 76.7 Å². The van der Waals surface area contributed by atoms with Crippen molar-refractivity contribution < 1.29 is 8.83 Å². The number of hydrogen-bond donors (Lipinski definition) is 0. The Morgan fingerprint density at radius 1 is 0.431 bits per heavy atom. The highest BCUT2D eigenvalue weighted by Crippen LogP contribution is 2.44. The molecule has 0 bridgehead atoms. The molecule has 0 atom stereocenters. The summed E-state index contributed by atoms with van der Waals surface area (Å²) in [6.07, 6.45) is 0. The molecule has 0 amide bonds. The molecule has 2 heterocycles. The maximum atomic E-state index is 6.49. The van der Waals surface area contributed by atoms with Crippen LogP contribution in [0.3, 0.4) is 0 Å². The van der Waals surface area contributed by atoms with Gasteiger partial charge in [-0.2, -0.15) is 0 Å². The zero-order valence-electron chi connectivity index (χ0n) is 27.5. The van der Waals surface area contributed by atoms with Crippen LogP contribution < -0.4 is 4.90 Å². The van der Waals surface area contributed by atoms with Crippen LogP contribution in [0, 0.1) is 0 Å². The van der Waals surface area contributed by atoms with E-state index in [0.29, 0.717) is 5.89 Å². The summed E-state index contributed by atoms with van der Waals surface area (Å²) in [4.78, 5) is 7.18. The van der Waals surface area contributed by atoms with Crippen LogP contribution in [0.2, 0.25) is 0 Å². The third-order valence-electron chi connectivity index (χ3n) is 9.71. The number of para-hydroxylation sites is 2. The van der Waals surface area contributed by atoms with Crippen LogP contribution in [0.1, 0.15) is 0 Å². The second-order valence-corrected chi connectivity index (χ2v) is 12.7. The minimum Gasteiger partial charge on any atom is -0.456 e. The maximum Gasteiger partial charge on any atom is 0.227 e. The first-order valence-corrected chi connectivity index (χ1v) is 17.1. The zero-order chi connectivity index (χ0) is 33.7. The minimum atomic E-state index is 0.623. The van der Waals surface area contributed by atoms with Crippen molar-refractivity contribution in [3.05, 3.63) is 182 Å². The summed E-state index contributed by atoms with van der Waals surface area (Å²) in [6.45, 7) is 0. The van der Waals surface area contributed by atoms with Gasteiger partial charge in [0, 0.05) is 44.7 Å². The maximum absolute atomic E-state index is 6.49. The lowest BCUT2D eigenvalue weighted by Gasteiger charge is -2.28. The molecule has 0 unspecified atom stereocenters. The third kappa shape index (κ3) is 4.96. The number of rotatable bonds is 6. The second-order valence-electron chi connectivity index (χ2n) is 12.7. The highest BCUT2D eigenvalue weighted by atomic mass is 16.3. The van der Waals surface area contributed by atoms with E-state index in [1.807, 2.05) is 48.5 Å². The molecule has 0 aliphatic heterocycles. The molecule has 0 saturated heterocycles. The zero-order valence-corrected chi connectivity index (χ0v) is 27.5. The number of benzene rings is 8. The Kier molecular flexibility index (Phi) is 6.78. The van der Waals surface area contributed by atoms with Crippen LogP contribution in [0.4, 0.5) is 17.1 Å². The van der Waals surface area contributed by atoms with Gasteiger partial charge in [0.2, 0.25) is 5.89 Å². The first-order chi connectivity index (χ1) is 25.3. The average Bonchev–Trinajstić information content (AvgIpc) is 3.81. The summed E-state index contributed by atoms with van der Waals surface area (Å²) >= 11 is 0. The van der Waals surface area contributed by atoms with Crippen LogP contribution in [0.15, 0.2) is 191 Å². The number of anilines is 3. The van der Waals surface area contributed by atoms with Crippen LogP contribution in [0.5, 0.6) is 0 Å². The first kappa shape index (κ1) is 29.0. The smallest absolute Gasteiger partial charge is 0.227 e. The predicted octanol–water partition coefficient (Wildman–Crippen LogP) is 13.4. The van der Waals surface area contributed by atoms with Gasteiger partial charge in [0.05, 0.1) is 5.69 Å². The third-order valence-corrected chi connectivity index (χ3v) is 9.71. The number of furan rings is 1. The summed E-state index contributed by atoms with van der Waals surface area (Å²) in [6, 6.07) is 63.3. The fraction of sp³-hybridized carbons (Fsp3) is 0. The monoisotopic (exact) mass is 654 g/mol. The van der Waals surface area contributed by atoms with E-state index in [1.165, 1.54) is 0 Å². The highest BCUT2D eigenvalue weighted by molar-refractivity contribution is 6.11. The normalized spacial score (nSPS) is 11.5. The molecule has 4 heteroatoms. The lowest BCUT2D eigenvalue weighted by Crippen LogP contribution is -2.11. The van der Waals surface area contributed by atoms with Crippen LogP contribution >= 0.6 is 0 Å². The van der Waals surface area contributed by atoms with Crippen LogP contribution in [-0.4, -0.2) is 4.98 Å².